The van der Waals surface area contributed by atoms with Crippen LogP contribution in [0.5, 0.6) is 5.75 Å². The van der Waals surface area contributed by atoms with Crippen LogP contribution >= 0.6 is 11.6 Å². The smallest absolute Gasteiger partial charge is 0.344 e. The Morgan fingerprint density at radius 2 is 2.00 bits per heavy atom. The molecule has 0 atom stereocenters. The molecular weight excluding hydrogens is 288 g/mol. The number of benzene rings is 1. The van der Waals surface area contributed by atoms with Crippen LogP contribution in [0.4, 0.5) is 0 Å². The van der Waals surface area contributed by atoms with Gasteiger partial charge in [0.1, 0.15) is 5.75 Å². The number of esters is 1. The predicted octanol–water partition coefficient (Wildman–Crippen LogP) is 4.72. The molecule has 3 nitrogen and oxygen atoms in total. The van der Waals surface area contributed by atoms with E-state index in [4.69, 9.17) is 21.1 Å². The molecule has 1 aliphatic rings. The van der Waals surface area contributed by atoms with E-state index in [2.05, 4.69) is 0 Å². The van der Waals surface area contributed by atoms with Crippen molar-refractivity contribution in [3.63, 3.8) is 0 Å². The third kappa shape index (κ3) is 4.92. The summed E-state index contributed by atoms with van der Waals surface area (Å²) in [5.41, 5.74) is 1.12. The quantitative estimate of drug-likeness (QED) is 0.738. The highest BCUT2D eigenvalue weighted by Crippen LogP contribution is 2.38. The van der Waals surface area contributed by atoms with E-state index in [9.17, 15) is 4.79 Å². The molecule has 0 heterocycles. The van der Waals surface area contributed by atoms with Gasteiger partial charge in [0.05, 0.1) is 6.10 Å². The lowest BCUT2D eigenvalue weighted by Crippen LogP contribution is -2.19. The predicted molar refractivity (Wildman–Crippen MR) is 84.0 cm³/mol. The average molecular weight is 311 g/mol. The third-order valence-corrected chi connectivity index (χ3v) is 3.96. The summed E-state index contributed by atoms with van der Waals surface area (Å²) in [5.74, 6) is 0.898. The van der Waals surface area contributed by atoms with Crippen LogP contribution in [0.3, 0.4) is 0 Å². The summed E-state index contributed by atoms with van der Waals surface area (Å²) in [5, 5.41) is 0.715. The van der Waals surface area contributed by atoms with Crippen LogP contribution in [0.1, 0.15) is 57.4 Å². The number of hydrogen-bond donors (Lipinski definition) is 0. The second-order valence-electron chi connectivity index (χ2n) is 5.84. The van der Waals surface area contributed by atoms with Gasteiger partial charge in [-0.25, -0.2) is 4.79 Å². The molecule has 0 N–H and O–H groups in total. The van der Waals surface area contributed by atoms with Crippen LogP contribution in [0, 0.1) is 0 Å². The van der Waals surface area contributed by atoms with Crippen LogP contribution in [0.15, 0.2) is 18.2 Å². The minimum atomic E-state index is -0.338. The fourth-order valence-corrected chi connectivity index (χ4v) is 3.00. The van der Waals surface area contributed by atoms with Gasteiger partial charge in [-0.2, -0.15) is 0 Å². The van der Waals surface area contributed by atoms with Crippen molar-refractivity contribution in [2.75, 3.05) is 6.61 Å². The van der Waals surface area contributed by atoms with Crippen LogP contribution in [-0.4, -0.2) is 18.7 Å². The summed E-state index contributed by atoms with van der Waals surface area (Å²) in [6.45, 7) is 3.60. The summed E-state index contributed by atoms with van der Waals surface area (Å²) in [7, 11) is 0. The maximum atomic E-state index is 11.6. The van der Waals surface area contributed by atoms with Gasteiger partial charge in [0, 0.05) is 5.02 Å². The van der Waals surface area contributed by atoms with E-state index in [1.54, 1.807) is 6.07 Å². The van der Waals surface area contributed by atoms with E-state index in [0.29, 0.717) is 10.9 Å². The molecule has 0 spiro atoms. The Bertz CT molecular complexity index is 479. The Hall–Kier alpha value is -1.22. The Labute approximate surface area is 131 Å². The minimum absolute atomic E-state index is 0.0560. The first-order valence-electron chi connectivity index (χ1n) is 7.68. The minimum Gasteiger partial charge on any atom is -0.482 e. The van der Waals surface area contributed by atoms with Gasteiger partial charge in [0.15, 0.2) is 6.61 Å². The monoisotopic (exact) mass is 310 g/mol. The second-order valence-corrected chi connectivity index (χ2v) is 6.28. The van der Waals surface area contributed by atoms with E-state index in [-0.39, 0.29) is 18.7 Å². The normalized spacial score (nSPS) is 16.0. The molecule has 0 saturated heterocycles. The topological polar surface area (TPSA) is 35.5 Å². The van der Waals surface area contributed by atoms with Gasteiger partial charge in [-0.05, 0) is 56.4 Å². The van der Waals surface area contributed by atoms with Gasteiger partial charge in [-0.15, -0.1) is 0 Å². The third-order valence-electron chi connectivity index (χ3n) is 3.73. The van der Waals surface area contributed by atoms with E-state index >= 15 is 0 Å². The first-order chi connectivity index (χ1) is 10.1. The van der Waals surface area contributed by atoms with Crippen LogP contribution in [0.2, 0.25) is 5.02 Å². The number of carbonyl (C=O) groups excluding carboxylic acids is 1. The molecule has 1 fully saturated rings. The van der Waals surface area contributed by atoms with E-state index < -0.39 is 0 Å². The number of hydrogen-bond acceptors (Lipinski definition) is 3. The zero-order chi connectivity index (χ0) is 15.2. The molecule has 1 aromatic rings. The van der Waals surface area contributed by atoms with Crippen molar-refractivity contribution in [1.82, 2.24) is 0 Å². The van der Waals surface area contributed by atoms with Crippen molar-refractivity contribution in [3.8, 4) is 5.75 Å². The van der Waals surface area contributed by atoms with Gasteiger partial charge in [0.25, 0.3) is 0 Å². The zero-order valence-electron chi connectivity index (χ0n) is 12.7. The second kappa shape index (κ2) is 7.69. The van der Waals surface area contributed by atoms with Crippen molar-refractivity contribution in [1.29, 1.82) is 0 Å². The molecule has 1 aliphatic carbocycles. The Balaban J connectivity index is 2.06. The summed E-state index contributed by atoms with van der Waals surface area (Å²) < 4.78 is 10.8. The number of rotatable bonds is 5. The van der Waals surface area contributed by atoms with Gasteiger partial charge in [-0.1, -0.05) is 30.9 Å². The number of ether oxygens (including phenoxy) is 2. The summed E-state index contributed by atoms with van der Waals surface area (Å²) in [6.07, 6.45) is 5.98. The molecule has 0 amide bonds. The molecule has 0 radical (unpaired) electrons. The lowest BCUT2D eigenvalue weighted by Gasteiger charge is -2.24. The molecule has 116 valence electrons. The average Bonchev–Trinajstić information content (AvgIpc) is 2.46. The van der Waals surface area contributed by atoms with Crippen molar-refractivity contribution in [3.05, 3.63) is 28.8 Å². The largest absolute Gasteiger partial charge is 0.482 e. The maximum absolute atomic E-state index is 11.6. The van der Waals surface area contributed by atoms with Gasteiger partial charge >= 0.3 is 5.97 Å². The Morgan fingerprint density at radius 1 is 1.29 bits per heavy atom. The summed E-state index contributed by atoms with van der Waals surface area (Å²) >= 11 is 6.12. The number of halogens is 1. The molecule has 1 aromatic carbocycles. The molecule has 0 unspecified atom stereocenters. The molecular formula is C17H23ClO3. The van der Waals surface area contributed by atoms with Crippen LogP contribution in [-0.2, 0) is 9.53 Å². The van der Waals surface area contributed by atoms with Crippen molar-refractivity contribution < 1.29 is 14.3 Å². The molecule has 0 bridgehead atoms. The standard InChI is InChI=1S/C17H23ClO3/c1-12(2)21-17(19)11-20-16-9-8-14(18)10-15(16)13-6-4-3-5-7-13/h8-10,12-13H,3-7,11H2,1-2H3. The Morgan fingerprint density at radius 3 is 2.67 bits per heavy atom. The van der Waals surface area contributed by atoms with Crippen LogP contribution < -0.4 is 4.74 Å². The molecule has 1 saturated carbocycles. The van der Waals surface area contributed by atoms with E-state index in [1.807, 2.05) is 26.0 Å². The van der Waals surface area contributed by atoms with Crippen molar-refractivity contribution in [2.45, 2.75) is 58.0 Å². The molecule has 21 heavy (non-hydrogen) atoms. The van der Waals surface area contributed by atoms with E-state index in [0.717, 1.165) is 24.2 Å². The molecule has 4 heteroatoms. The maximum Gasteiger partial charge on any atom is 0.344 e. The van der Waals surface area contributed by atoms with Crippen LogP contribution in [0.25, 0.3) is 0 Å². The first-order valence-corrected chi connectivity index (χ1v) is 8.06. The van der Waals surface area contributed by atoms with E-state index in [1.165, 1.54) is 19.3 Å². The zero-order valence-corrected chi connectivity index (χ0v) is 13.5. The fraction of sp³-hybridized carbons (Fsp3) is 0.588. The van der Waals surface area contributed by atoms with Gasteiger partial charge in [-0.3, -0.25) is 0 Å². The van der Waals surface area contributed by atoms with Gasteiger partial charge in [0.2, 0.25) is 0 Å². The highest BCUT2D eigenvalue weighted by Gasteiger charge is 2.20. The lowest BCUT2D eigenvalue weighted by molar-refractivity contribution is -0.149. The van der Waals surface area contributed by atoms with Crippen molar-refractivity contribution >= 4 is 17.6 Å². The lowest BCUT2D eigenvalue weighted by atomic mass is 9.84. The molecule has 2 rings (SSSR count). The van der Waals surface area contributed by atoms with Crippen molar-refractivity contribution in [2.24, 2.45) is 0 Å². The first kappa shape index (κ1) is 16.2. The SMILES string of the molecule is CC(C)OC(=O)COc1ccc(Cl)cc1C1CCCCC1. The summed E-state index contributed by atoms with van der Waals surface area (Å²) in [6, 6.07) is 5.63. The molecule has 0 aliphatic heterocycles. The highest BCUT2D eigenvalue weighted by molar-refractivity contribution is 6.30. The Kier molecular flexibility index (Phi) is 5.92. The number of carbonyl (C=O) groups is 1. The highest BCUT2D eigenvalue weighted by atomic mass is 35.5. The summed E-state index contributed by atoms with van der Waals surface area (Å²) in [4.78, 5) is 11.6. The molecule has 0 aromatic heterocycles. The fourth-order valence-electron chi connectivity index (χ4n) is 2.82. The van der Waals surface area contributed by atoms with Gasteiger partial charge < -0.3 is 9.47 Å².